The Balaban J connectivity index is 2.06. The lowest BCUT2D eigenvalue weighted by atomic mass is 9.85. The molecular formula is C22H31N3O. The largest absolute Gasteiger partial charge is 0.326 e. The molecule has 0 unspecified atom stereocenters. The molecule has 1 saturated carbocycles. The highest BCUT2D eigenvalue weighted by molar-refractivity contribution is 5.97. The fourth-order valence-electron chi connectivity index (χ4n) is 3.30. The number of pyridine rings is 1. The molecule has 1 aromatic rings. The van der Waals surface area contributed by atoms with Gasteiger partial charge in [0.1, 0.15) is 0 Å². The first-order chi connectivity index (χ1) is 12.6. The van der Waals surface area contributed by atoms with Crippen LogP contribution in [0.4, 0.5) is 0 Å². The molecule has 1 fully saturated rings. The molecule has 1 N–H and O–H groups in total. The fourth-order valence-corrected chi connectivity index (χ4v) is 3.30. The molecule has 4 heteroatoms. The molecule has 1 heterocycles. The van der Waals surface area contributed by atoms with E-state index in [1.807, 2.05) is 31.3 Å². The van der Waals surface area contributed by atoms with Crippen LogP contribution < -0.4 is 5.32 Å². The van der Waals surface area contributed by atoms with Gasteiger partial charge in [0.05, 0.1) is 6.42 Å². The third kappa shape index (κ3) is 6.25. The molecule has 0 atom stereocenters. The Hall–Kier alpha value is -2.23. The summed E-state index contributed by atoms with van der Waals surface area (Å²) in [6.07, 6.45) is 13.3. The van der Waals surface area contributed by atoms with Gasteiger partial charge in [-0.1, -0.05) is 32.3 Å². The van der Waals surface area contributed by atoms with Gasteiger partial charge < -0.3 is 5.32 Å². The van der Waals surface area contributed by atoms with Crippen molar-refractivity contribution in [3.8, 4) is 0 Å². The van der Waals surface area contributed by atoms with Crippen LogP contribution >= 0.6 is 0 Å². The molecule has 2 rings (SSSR count). The van der Waals surface area contributed by atoms with E-state index in [4.69, 9.17) is 0 Å². The molecule has 0 spiro atoms. The van der Waals surface area contributed by atoms with Crippen molar-refractivity contribution in [2.45, 2.75) is 58.8 Å². The van der Waals surface area contributed by atoms with Crippen molar-refractivity contribution < 1.29 is 4.79 Å². The van der Waals surface area contributed by atoms with Gasteiger partial charge in [0.2, 0.25) is 5.91 Å². The van der Waals surface area contributed by atoms with Crippen LogP contribution in [-0.4, -0.2) is 23.7 Å². The number of rotatable bonds is 7. The normalized spacial score (nSPS) is 17.3. The number of hydrogen-bond donors (Lipinski definition) is 1. The Morgan fingerprint density at radius 1 is 1.27 bits per heavy atom. The molecule has 0 radical (unpaired) electrons. The van der Waals surface area contributed by atoms with Gasteiger partial charge in [0.25, 0.3) is 0 Å². The maximum Gasteiger partial charge on any atom is 0.230 e. The zero-order chi connectivity index (χ0) is 18.8. The van der Waals surface area contributed by atoms with Gasteiger partial charge in [-0.25, -0.2) is 0 Å². The summed E-state index contributed by atoms with van der Waals surface area (Å²) >= 11 is 0. The molecule has 1 aliphatic rings. The van der Waals surface area contributed by atoms with Crippen molar-refractivity contribution in [3.05, 3.63) is 53.5 Å². The number of hydrogen-bond acceptors (Lipinski definition) is 3. The summed E-state index contributed by atoms with van der Waals surface area (Å²) in [7, 11) is 1.87. The van der Waals surface area contributed by atoms with Crippen LogP contribution in [0.15, 0.2) is 52.8 Å². The Labute approximate surface area is 157 Å². The van der Waals surface area contributed by atoms with E-state index in [-0.39, 0.29) is 12.3 Å². The SMILES string of the molecule is CC/C(C)=C(/C=C\C(=NC)C1CCCCC1)NC(=O)Cc1ccccn1. The van der Waals surface area contributed by atoms with Gasteiger partial charge in [-0.15, -0.1) is 0 Å². The summed E-state index contributed by atoms with van der Waals surface area (Å²) in [5, 5.41) is 3.06. The van der Waals surface area contributed by atoms with E-state index in [9.17, 15) is 4.79 Å². The maximum absolute atomic E-state index is 12.4. The summed E-state index contributed by atoms with van der Waals surface area (Å²) in [6, 6.07) is 5.63. The molecule has 0 bridgehead atoms. The molecule has 140 valence electrons. The summed E-state index contributed by atoms with van der Waals surface area (Å²) in [5.74, 6) is 0.515. The summed E-state index contributed by atoms with van der Waals surface area (Å²) in [5.41, 5.74) is 3.96. The van der Waals surface area contributed by atoms with Crippen LogP contribution in [0, 0.1) is 5.92 Å². The van der Waals surface area contributed by atoms with E-state index in [0.29, 0.717) is 5.92 Å². The predicted octanol–water partition coefficient (Wildman–Crippen LogP) is 4.63. The third-order valence-corrected chi connectivity index (χ3v) is 5.03. The van der Waals surface area contributed by atoms with Crippen LogP contribution in [0.3, 0.4) is 0 Å². The van der Waals surface area contributed by atoms with Crippen molar-refractivity contribution in [1.29, 1.82) is 0 Å². The first kappa shape index (κ1) is 20.1. The lowest BCUT2D eigenvalue weighted by Gasteiger charge is -2.21. The number of aliphatic imine (C=N–C) groups is 1. The number of allylic oxidation sites excluding steroid dienone is 3. The Morgan fingerprint density at radius 2 is 2.04 bits per heavy atom. The van der Waals surface area contributed by atoms with Crippen molar-refractivity contribution >= 4 is 11.6 Å². The number of nitrogens with zero attached hydrogens (tertiary/aromatic N) is 2. The Kier molecular flexibility index (Phi) is 8.26. The molecule has 26 heavy (non-hydrogen) atoms. The molecule has 1 aromatic heterocycles. The number of aromatic nitrogens is 1. The van der Waals surface area contributed by atoms with Crippen molar-refractivity contribution in [2.24, 2.45) is 10.9 Å². The zero-order valence-electron chi connectivity index (χ0n) is 16.3. The second kappa shape index (κ2) is 10.7. The lowest BCUT2D eigenvalue weighted by Crippen LogP contribution is -2.25. The van der Waals surface area contributed by atoms with Gasteiger partial charge in [0.15, 0.2) is 0 Å². The van der Waals surface area contributed by atoms with Gasteiger partial charge >= 0.3 is 0 Å². The highest BCUT2D eigenvalue weighted by Crippen LogP contribution is 2.25. The van der Waals surface area contributed by atoms with E-state index < -0.39 is 0 Å². The number of nitrogens with one attached hydrogen (secondary N) is 1. The molecular weight excluding hydrogens is 322 g/mol. The standard InChI is InChI=1S/C22H31N3O/c1-4-17(2)20(25-22(26)16-19-12-8-9-15-24-19)13-14-21(23-3)18-10-6-5-7-11-18/h8-9,12-15,18H,4-7,10-11,16H2,1-3H3,(H,25,26)/b14-13-,20-17-,23-21?. The maximum atomic E-state index is 12.4. The van der Waals surface area contributed by atoms with Gasteiger partial charge in [-0.3, -0.25) is 14.8 Å². The molecule has 0 aromatic carbocycles. The van der Waals surface area contributed by atoms with Crippen molar-refractivity contribution in [2.75, 3.05) is 7.05 Å². The first-order valence-corrected chi connectivity index (χ1v) is 9.68. The van der Waals surface area contributed by atoms with Gasteiger partial charge in [-0.2, -0.15) is 0 Å². The molecule has 0 aliphatic heterocycles. The van der Waals surface area contributed by atoms with E-state index >= 15 is 0 Å². The van der Waals surface area contributed by atoms with E-state index in [1.165, 1.54) is 32.1 Å². The summed E-state index contributed by atoms with van der Waals surface area (Å²) in [6.45, 7) is 4.16. The van der Waals surface area contributed by atoms with Gasteiger partial charge in [-0.05, 0) is 56.0 Å². The molecule has 4 nitrogen and oxygen atoms in total. The molecule has 1 aliphatic carbocycles. The van der Waals surface area contributed by atoms with Crippen LogP contribution in [0.25, 0.3) is 0 Å². The van der Waals surface area contributed by atoms with Crippen LogP contribution in [-0.2, 0) is 11.2 Å². The van der Waals surface area contributed by atoms with Crippen LogP contribution in [0.1, 0.15) is 58.1 Å². The highest BCUT2D eigenvalue weighted by Gasteiger charge is 2.17. The Bertz CT molecular complexity index is 668. The average molecular weight is 354 g/mol. The minimum atomic E-state index is -0.0381. The zero-order valence-corrected chi connectivity index (χ0v) is 16.3. The molecule has 1 amide bonds. The van der Waals surface area contributed by atoms with Gasteiger partial charge in [0, 0.05) is 36.3 Å². The summed E-state index contributed by atoms with van der Waals surface area (Å²) < 4.78 is 0. The number of carbonyl (C=O) groups excluding carboxylic acids is 1. The number of carbonyl (C=O) groups is 1. The topological polar surface area (TPSA) is 54.4 Å². The van der Waals surface area contributed by atoms with E-state index in [1.54, 1.807) is 6.20 Å². The smallest absolute Gasteiger partial charge is 0.230 e. The third-order valence-electron chi connectivity index (χ3n) is 5.03. The molecule has 0 saturated heterocycles. The van der Waals surface area contributed by atoms with E-state index in [2.05, 4.69) is 35.2 Å². The predicted molar refractivity (Wildman–Crippen MR) is 108 cm³/mol. The summed E-state index contributed by atoms with van der Waals surface area (Å²) in [4.78, 5) is 21.1. The fraction of sp³-hybridized carbons (Fsp3) is 0.500. The second-order valence-electron chi connectivity index (χ2n) is 6.91. The van der Waals surface area contributed by atoms with Crippen molar-refractivity contribution in [3.63, 3.8) is 0 Å². The first-order valence-electron chi connectivity index (χ1n) is 9.68. The number of amides is 1. The van der Waals surface area contributed by atoms with Crippen LogP contribution in [0.2, 0.25) is 0 Å². The van der Waals surface area contributed by atoms with Crippen LogP contribution in [0.5, 0.6) is 0 Å². The Morgan fingerprint density at radius 3 is 2.65 bits per heavy atom. The average Bonchev–Trinajstić information content (AvgIpc) is 2.68. The highest BCUT2D eigenvalue weighted by atomic mass is 16.1. The lowest BCUT2D eigenvalue weighted by molar-refractivity contribution is -0.119. The second-order valence-corrected chi connectivity index (χ2v) is 6.91. The quantitative estimate of drug-likeness (QED) is 0.574. The minimum absolute atomic E-state index is 0.0381. The van der Waals surface area contributed by atoms with Crippen molar-refractivity contribution in [1.82, 2.24) is 10.3 Å². The van der Waals surface area contributed by atoms with E-state index in [0.717, 1.165) is 29.1 Å². The minimum Gasteiger partial charge on any atom is -0.326 e. The monoisotopic (exact) mass is 353 g/mol.